The van der Waals surface area contributed by atoms with E-state index in [0.717, 1.165) is 6.42 Å². The molecule has 0 aliphatic heterocycles. The number of rotatable bonds is 2. The summed E-state index contributed by atoms with van der Waals surface area (Å²) in [6.45, 7) is 4.19. The number of allylic oxidation sites excluding steroid dienone is 1. The minimum absolute atomic E-state index is 1.10. The molecule has 0 amide bonds. The van der Waals surface area contributed by atoms with Crippen molar-refractivity contribution >= 4 is 6.08 Å². The normalized spacial score (nSPS) is 11.0. The van der Waals surface area contributed by atoms with Gasteiger partial charge in [0.2, 0.25) is 0 Å². The molecule has 1 heterocycles. The second-order valence-electron chi connectivity index (χ2n) is 2.27. The van der Waals surface area contributed by atoms with E-state index in [4.69, 9.17) is 0 Å². The van der Waals surface area contributed by atoms with Gasteiger partial charge < -0.3 is 4.98 Å². The smallest absolute Gasteiger partial charge is 0.0409 e. The van der Waals surface area contributed by atoms with Crippen molar-refractivity contribution in [1.82, 2.24) is 4.98 Å². The number of nitrogens with one attached hydrogen (secondary N) is 1. The highest BCUT2D eigenvalue weighted by Gasteiger charge is 1.94. The SMILES string of the molecule is C/C=C\c1[nH]ccc1CC. The summed E-state index contributed by atoms with van der Waals surface area (Å²) in [6.07, 6.45) is 7.22. The summed E-state index contributed by atoms with van der Waals surface area (Å²) in [5.41, 5.74) is 2.63. The van der Waals surface area contributed by atoms with Gasteiger partial charge in [-0.05, 0) is 31.1 Å². The van der Waals surface area contributed by atoms with Gasteiger partial charge >= 0.3 is 0 Å². The van der Waals surface area contributed by atoms with Gasteiger partial charge in [-0.2, -0.15) is 0 Å². The lowest BCUT2D eigenvalue weighted by Crippen LogP contribution is -1.79. The number of hydrogen-bond acceptors (Lipinski definition) is 0. The van der Waals surface area contributed by atoms with E-state index < -0.39 is 0 Å². The summed E-state index contributed by atoms with van der Waals surface area (Å²) in [5, 5.41) is 0. The van der Waals surface area contributed by atoms with Crippen LogP contribution in [0, 0.1) is 0 Å². The van der Waals surface area contributed by atoms with Crippen LogP contribution in [0.3, 0.4) is 0 Å². The average Bonchev–Trinajstić information content (AvgIpc) is 2.36. The molecule has 0 atom stereocenters. The molecule has 1 heteroatoms. The zero-order chi connectivity index (χ0) is 7.40. The zero-order valence-electron chi connectivity index (χ0n) is 6.52. The van der Waals surface area contributed by atoms with Crippen molar-refractivity contribution in [3.05, 3.63) is 29.6 Å². The summed E-state index contributed by atoms with van der Waals surface area (Å²) in [6, 6.07) is 2.12. The molecule has 1 aromatic rings. The number of aromatic amines is 1. The minimum Gasteiger partial charge on any atom is -0.361 e. The van der Waals surface area contributed by atoms with E-state index >= 15 is 0 Å². The molecule has 0 unspecified atom stereocenters. The number of hydrogen-bond donors (Lipinski definition) is 1. The van der Waals surface area contributed by atoms with Crippen LogP contribution in [0.25, 0.3) is 6.08 Å². The van der Waals surface area contributed by atoms with E-state index in [-0.39, 0.29) is 0 Å². The standard InChI is InChI=1S/C9H13N/c1-3-5-9-8(4-2)6-7-10-9/h3,5-7,10H,4H2,1-2H3/b5-3-. The van der Waals surface area contributed by atoms with Crippen molar-refractivity contribution in [3.8, 4) is 0 Å². The fourth-order valence-corrected chi connectivity index (χ4v) is 1.04. The van der Waals surface area contributed by atoms with Crippen LogP contribution in [0.2, 0.25) is 0 Å². The van der Waals surface area contributed by atoms with E-state index in [1.165, 1.54) is 11.3 Å². The van der Waals surface area contributed by atoms with E-state index in [0.29, 0.717) is 0 Å². The minimum atomic E-state index is 1.10. The first-order valence-electron chi connectivity index (χ1n) is 3.67. The molecule has 0 bridgehead atoms. The predicted octanol–water partition coefficient (Wildman–Crippen LogP) is 2.61. The summed E-state index contributed by atoms with van der Waals surface area (Å²) >= 11 is 0. The van der Waals surface area contributed by atoms with Crippen LogP contribution in [0.15, 0.2) is 18.3 Å². The molecule has 0 aromatic carbocycles. The highest BCUT2D eigenvalue weighted by atomic mass is 14.7. The molecular formula is C9H13N. The summed E-state index contributed by atoms with van der Waals surface area (Å²) in [4.78, 5) is 3.17. The lowest BCUT2D eigenvalue weighted by molar-refractivity contribution is 1.13. The van der Waals surface area contributed by atoms with Crippen LogP contribution in [0.5, 0.6) is 0 Å². The third-order valence-corrected chi connectivity index (χ3v) is 1.58. The molecular weight excluding hydrogens is 122 g/mol. The topological polar surface area (TPSA) is 15.8 Å². The largest absolute Gasteiger partial charge is 0.361 e. The maximum atomic E-state index is 3.17. The van der Waals surface area contributed by atoms with E-state index in [1.54, 1.807) is 0 Å². The van der Waals surface area contributed by atoms with Gasteiger partial charge in [-0.3, -0.25) is 0 Å². The Balaban J connectivity index is 2.90. The Morgan fingerprint density at radius 3 is 3.00 bits per heavy atom. The Bertz CT molecular complexity index is 220. The third-order valence-electron chi connectivity index (χ3n) is 1.58. The van der Waals surface area contributed by atoms with Crippen molar-refractivity contribution in [2.24, 2.45) is 0 Å². The molecule has 54 valence electrons. The van der Waals surface area contributed by atoms with Crippen LogP contribution in [-0.2, 0) is 6.42 Å². The molecule has 0 fully saturated rings. The first-order chi connectivity index (χ1) is 4.88. The number of aromatic nitrogens is 1. The van der Waals surface area contributed by atoms with Gasteiger partial charge in [0.15, 0.2) is 0 Å². The van der Waals surface area contributed by atoms with Crippen molar-refractivity contribution in [2.45, 2.75) is 20.3 Å². The van der Waals surface area contributed by atoms with Crippen LogP contribution in [0.4, 0.5) is 0 Å². The molecule has 0 aliphatic rings. The Morgan fingerprint density at radius 1 is 1.60 bits per heavy atom. The molecule has 1 aromatic heterocycles. The van der Waals surface area contributed by atoms with Crippen LogP contribution in [-0.4, -0.2) is 4.98 Å². The molecule has 0 saturated carbocycles. The van der Waals surface area contributed by atoms with Crippen LogP contribution >= 0.6 is 0 Å². The van der Waals surface area contributed by atoms with Crippen molar-refractivity contribution in [1.29, 1.82) is 0 Å². The number of aryl methyl sites for hydroxylation is 1. The molecule has 1 nitrogen and oxygen atoms in total. The maximum absolute atomic E-state index is 3.17. The van der Waals surface area contributed by atoms with Crippen LogP contribution in [0.1, 0.15) is 25.1 Å². The second-order valence-corrected chi connectivity index (χ2v) is 2.27. The zero-order valence-corrected chi connectivity index (χ0v) is 6.52. The van der Waals surface area contributed by atoms with E-state index in [2.05, 4.69) is 24.1 Å². The lowest BCUT2D eigenvalue weighted by atomic mass is 10.2. The first-order valence-corrected chi connectivity index (χ1v) is 3.67. The van der Waals surface area contributed by atoms with Gasteiger partial charge in [0.1, 0.15) is 0 Å². The van der Waals surface area contributed by atoms with Crippen LogP contribution < -0.4 is 0 Å². The Labute approximate surface area is 61.8 Å². The molecule has 0 spiro atoms. The average molecular weight is 135 g/mol. The molecule has 10 heavy (non-hydrogen) atoms. The second kappa shape index (κ2) is 3.25. The maximum Gasteiger partial charge on any atom is 0.0409 e. The Hall–Kier alpha value is -0.980. The fraction of sp³-hybridized carbons (Fsp3) is 0.333. The fourth-order valence-electron chi connectivity index (χ4n) is 1.04. The Kier molecular flexibility index (Phi) is 2.32. The van der Waals surface area contributed by atoms with Gasteiger partial charge in [0.05, 0.1) is 0 Å². The molecule has 1 rings (SSSR count). The van der Waals surface area contributed by atoms with Crippen molar-refractivity contribution in [3.63, 3.8) is 0 Å². The quantitative estimate of drug-likeness (QED) is 0.641. The molecule has 0 aliphatic carbocycles. The van der Waals surface area contributed by atoms with Gasteiger partial charge in [-0.1, -0.05) is 13.0 Å². The van der Waals surface area contributed by atoms with Gasteiger partial charge in [-0.15, -0.1) is 0 Å². The van der Waals surface area contributed by atoms with Crippen molar-refractivity contribution < 1.29 is 0 Å². The highest BCUT2D eigenvalue weighted by Crippen LogP contribution is 2.08. The van der Waals surface area contributed by atoms with Gasteiger partial charge in [0.25, 0.3) is 0 Å². The predicted molar refractivity (Wildman–Crippen MR) is 44.9 cm³/mol. The Morgan fingerprint density at radius 2 is 2.40 bits per heavy atom. The van der Waals surface area contributed by atoms with E-state index in [1.807, 2.05) is 19.2 Å². The summed E-state index contributed by atoms with van der Waals surface area (Å²) < 4.78 is 0. The summed E-state index contributed by atoms with van der Waals surface area (Å²) in [5.74, 6) is 0. The molecule has 1 N–H and O–H groups in total. The highest BCUT2D eigenvalue weighted by molar-refractivity contribution is 5.49. The molecule has 0 saturated heterocycles. The lowest BCUT2D eigenvalue weighted by Gasteiger charge is -1.91. The third kappa shape index (κ3) is 1.29. The van der Waals surface area contributed by atoms with Gasteiger partial charge in [-0.25, -0.2) is 0 Å². The van der Waals surface area contributed by atoms with Gasteiger partial charge in [0, 0.05) is 11.9 Å². The van der Waals surface area contributed by atoms with E-state index in [9.17, 15) is 0 Å². The number of H-pyrrole nitrogens is 1. The first kappa shape index (κ1) is 7.13. The monoisotopic (exact) mass is 135 g/mol. The molecule has 0 radical (unpaired) electrons. The van der Waals surface area contributed by atoms with Crippen molar-refractivity contribution in [2.75, 3.05) is 0 Å². The summed E-state index contributed by atoms with van der Waals surface area (Å²) in [7, 11) is 0.